The molecule has 0 aliphatic carbocycles. The molecule has 34 heavy (non-hydrogen) atoms. The molecule has 0 unspecified atom stereocenters. The number of aromatic nitrogens is 2. The zero-order chi connectivity index (χ0) is 24.1. The first kappa shape index (κ1) is 23.4. The monoisotopic (exact) mass is 462 g/mol. The molecule has 4 rings (SSSR count). The van der Waals surface area contributed by atoms with Crippen LogP contribution in [0.4, 0.5) is 0 Å². The molecule has 1 fully saturated rings. The Morgan fingerprint density at radius 3 is 2.71 bits per heavy atom. The van der Waals surface area contributed by atoms with Gasteiger partial charge in [0.2, 0.25) is 11.8 Å². The normalized spacial score (nSPS) is 16.4. The molecule has 2 aromatic carbocycles. The third kappa shape index (κ3) is 5.43. The van der Waals surface area contributed by atoms with Gasteiger partial charge >= 0.3 is 0 Å². The van der Waals surface area contributed by atoms with Crippen molar-refractivity contribution in [1.82, 2.24) is 30.4 Å². The van der Waals surface area contributed by atoms with Crippen molar-refractivity contribution in [3.63, 3.8) is 0 Å². The lowest BCUT2D eigenvalue weighted by Gasteiger charge is -2.41. The number of carbonyl (C=O) groups excluding carboxylic acids is 3. The molecule has 1 aliphatic rings. The van der Waals surface area contributed by atoms with E-state index in [4.69, 9.17) is 0 Å². The lowest BCUT2D eigenvalue weighted by atomic mass is 9.99. The second-order valence-electron chi connectivity index (χ2n) is 8.47. The highest BCUT2D eigenvalue weighted by molar-refractivity contribution is 5.94. The molecule has 1 saturated heterocycles. The molecule has 0 saturated carbocycles. The Hall–Kier alpha value is -3.72. The van der Waals surface area contributed by atoms with E-state index in [1.54, 1.807) is 24.9 Å². The van der Waals surface area contributed by atoms with Gasteiger partial charge in [0.05, 0.1) is 23.6 Å². The predicted molar refractivity (Wildman–Crippen MR) is 129 cm³/mol. The second kappa shape index (κ2) is 10.5. The molecule has 178 valence electrons. The summed E-state index contributed by atoms with van der Waals surface area (Å²) in [6.45, 7) is 3.95. The predicted octanol–water partition coefficient (Wildman–Crippen LogP) is 1.49. The van der Waals surface area contributed by atoms with E-state index < -0.39 is 0 Å². The summed E-state index contributed by atoms with van der Waals surface area (Å²) < 4.78 is 0. The number of benzene rings is 2. The van der Waals surface area contributed by atoms with Crippen LogP contribution in [-0.2, 0) is 16.0 Å². The topological polar surface area (TPSA) is 110 Å². The molecule has 0 bridgehead atoms. The van der Waals surface area contributed by atoms with Gasteiger partial charge in [0.15, 0.2) is 0 Å². The summed E-state index contributed by atoms with van der Waals surface area (Å²) in [4.78, 5) is 48.6. The van der Waals surface area contributed by atoms with Gasteiger partial charge in [-0.2, -0.15) is 0 Å². The van der Waals surface area contributed by atoms with Crippen LogP contribution < -0.4 is 10.6 Å². The molecule has 3 N–H and O–H groups in total. The Bertz CT molecular complexity index is 1160. The molecule has 3 amide bonds. The number of nitrogens with one attached hydrogen (secondary N) is 3. The van der Waals surface area contributed by atoms with Crippen molar-refractivity contribution >= 4 is 28.8 Å². The quantitative estimate of drug-likeness (QED) is 0.493. The van der Waals surface area contributed by atoms with Crippen molar-refractivity contribution in [3.8, 4) is 0 Å². The number of imidazole rings is 1. The maximum Gasteiger partial charge on any atom is 0.251 e. The van der Waals surface area contributed by atoms with Gasteiger partial charge in [0.1, 0.15) is 5.82 Å². The third-order valence-electron chi connectivity index (χ3n) is 6.12. The highest BCUT2D eigenvalue weighted by Gasteiger charge is 2.31. The number of hydrogen-bond donors (Lipinski definition) is 3. The van der Waals surface area contributed by atoms with Crippen molar-refractivity contribution in [1.29, 1.82) is 0 Å². The van der Waals surface area contributed by atoms with Crippen LogP contribution in [0.5, 0.6) is 0 Å². The molecule has 0 radical (unpaired) electrons. The van der Waals surface area contributed by atoms with E-state index in [1.165, 1.54) is 0 Å². The van der Waals surface area contributed by atoms with Gasteiger partial charge < -0.3 is 20.5 Å². The Morgan fingerprint density at radius 2 is 1.94 bits per heavy atom. The number of aromatic amines is 1. The summed E-state index contributed by atoms with van der Waals surface area (Å²) in [5, 5.41) is 5.60. The summed E-state index contributed by atoms with van der Waals surface area (Å²) in [5.41, 5.74) is 3.33. The SMILES string of the molecule is CNC(=O)c1cccc([C@@H]2CN(CC(=O)NCCc3nc4ccccc4[nH]3)CCN2C(C)=O)c1. The van der Waals surface area contributed by atoms with Gasteiger partial charge in [0.25, 0.3) is 5.91 Å². The molecule has 0 spiro atoms. The standard InChI is InChI=1S/C25H30N6O3/c1-17(32)31-13-12-30(15-22(31)18-6-5-7-19(14-18)25(34)26-2)16-24(33)27-11-10-23-28-20-8-3-4-9-21(20)29-23/h3-9,14,22H,10-13,15-16H2,1-2H3,(H,26,34)(H,27,33)(H,28,29)/t22-/m0/s1. The molecule has 1 atom stereocenters. The fourth-order valence-electron chi connectivity index (χ4n) is 4.38. The lowest BCUT2D eigenvalue weighted by Crippen LogP contribution is -2.52. The van der Waals surface area contributed by atoms with Crippen LogP contribution >= 0.6 is 0 Å². The second-order valence-corrected chi connectivity index (χ2v) is 8.47. The van der Waals surface area contributed by atoms with Crippen molar-refractivity contribution in [2.45, 2.75) is 19.4 Å². The minimum atomic E-state index is -0.223. The Kier molecular flexibility index (Phi) is 7.22. The molecule has 3 aromatic rings. The highest BCUT2D eigenvalue weighted by atomic mass is 16.2. The van der Waals surface area contributed by atoms with Gasteiger partial charge in [-0.25, -0.2) is 4.98 Å². The first-order valence-corrected chi connectivity index (χ1v) is 11.5. The summed E-state index contributed by atoms with van der Waals surface area (Å²) in [5.74, 6) is 0.580. The van der Waals surface area contributed by atoms with Gasteiger partial charge in [-0.3, -0.25) is 19.3 Å². The molecule has 1 aromatic heterocycles. The smallest absolute Gasteiger partial charge is 0.251 e. The number of rotatable bonds is 7. The van der Waals surface area contributed by atoms with E-state index in [0.29, 0.717) is 38.2 Å². The lowest BCUT2D eigenvalue weighted by molar-refractivity contribution is -0.134. The van der Waals surface area contributed by atoms with E-state index >= 15 is 0 Å². The van der Waals surface area contributed by atoms with Crippen LogP contribution in [0.15, 0.2) is 48.5 Å². The fourth-order valence-corrected chi connectivity index (χ4v) is 4.38. The van der Waals surface area contributed by atoms with Crippen molar-refractivity contribution in [2.75, 3.05) is 39.8 Å². The van der Waals surface area contributed by atoms with Gasteiger partial charge in [-0.05, 0) is 29.8 Å². The van der Waals surface area contributed by atoms with E-state index in [9.17, 15) is 14.4 Å². The van der Waals surface area contributed by atoms with Crippen LogP contribution in [0.1, 0.15) is 34.7 Å². The van der Waals surface area contributed by atoms with Crippen molar-refractivity contribution in [2.24, 2.45) is 0 Å². The number of fused-ring (bicyclic) bond motifs is 1. The zero-order valence-electron chi connectivity index (χ0n) is 19.5. The zero-order valence-corrected chi connectivity index (χ0v) is 19.5. The summed E-state index contributed by atoms with van der Waals surface area (Å²) in [6.07, 6.45) is 0.618. The summed E-state index contributed by atoms with van der Waals surface area (Å²) in [6, 6.07) is 14.9. The Morgan fingerprint density at radius 1 is 1.12 bits per heavy atom. The van der Waals surface area contributed by atoms with E-state index in [0.717, 1.165) is 22.4 Å². The van der Waals surface area contributed by atoms with Crippen molar-refractivity contribution in [3.05, 3.63) is 65.5 Å². The van der Waals surface area contributed by atoms with Crippen LogP contribution in [0, 0.1) is 0 Å². The fraction of sp³-hybridized carbons (Fsp3) is 0.360. The summed E-state index contributed by atoms with van der Waals surface area (Å²) >= 11 is 0. The molecular weight excluding hydrogens is 432 g/mol. The minimum Gasteiger partial charge on any atom is -0.355 e. The van der Waals surface area contributed by atoms with Crippen LogP contribution in [-0.4, -0.2) is 77.3 Å². The van der Waals surface area contributed by atoms with Gasteiger partial charge in [-0.1, -0.05) is 24.3 Å². The van der Waals surface area contributed by atoms with E-state index in [2.05, 4.69) is 20.6 Å². The Balaban J connectivity index is 1.35. The molecule has 9 heteroatoms. The Labute approximate surface area is 198 Å². The first-order chi connectivity index (χ1) is 16.4. The average Bonchev–Trinajstić information content (AvgIpc) is 3.26. The van der Waals surface area contributed by atoms with Crippen molar-refractivity contribution < 1.29 is 14.4 Å². The minimum absolute atomic E-state index is 0.0229. The number of hydrogen-bond acceptors (Lipinski definition) is 5. The van der Waals surface area contributed by atoms with Gasteiger partial charge in [-0.15, -0.1) is 0 Å². The molecule has 2 heterocycles. The maximum atomic E-state index is 12.6. The molecular formula is C25H30N6O3. The van der Waals surface area contributed by atoms with Gasteiger partial charge in [0, 0.05) is 52.1 Å². The molecule has 1 aliphatic heterocycles. The number of para-hydroxylation sites is 2. The largest absolute Gasteiger partial charge is 0.355 e. The van der Waals surface area contributed by atoms with E-state index in [1.807, 2.05) is 47.4 Å². The van der Waals surface area contributed by atoms with Crippen LogP contribution in [0.25, 0.3) is 11.0 Å². The first-order valence-electron chi connectivity index (χ1n) is 11.5. The average molecular weight is 463 g/mol. The third-order valence-corrected chi connectivity index (χ3v) is 6.12. The van der Waals surface area contributed by atoms with Crippen LogP contribution in [0.2, 0.25) is 0 Å². The van der Waals surface area contributed by atoms with Crippen LogP contribution in [0.3, 0.4) is 0 Å². The number of amides is 3. The number of carbonyl (C=O) groups is 3. The molecule has 9 nitrogen and oxygen atoms in total. The number of piperazine rings is 1. The maximum absolute atomic E-state index is 12.6. The number of nitrogens with zero attached hydrogens (tertiary/aromatic N) is 3. The highest BCUT2D eigenvalue weighted by Crippen LogP contribution is 2.26. The van der Waals surface area contributed by atoms with E-state index in [-0.39, 0.29) is 30.3 Å². The summed E-state index contributed by atoms with van der Waals surface area (Å²) in [7, 11) is 1.59. The number of H-pyrrole nitrogens is 1.